The van der Waals surface area contributed by atoms with Crippen molar-refractivity contribution in [3.63, 3.8) is 0 Å². The molecule has 3 rings (SSSR count). The van der Waals surface area contributed by atoms with Crippen LogP contribution in [-0.4, -0.2) is 163 Å². The molecule has 270 valence electrons. The van der Waals surface area contributed by atoms with Gasteiger partial charge in [-0.3, -0.25) is 4.79 Å². The fourth-order valence-corrected chi connectivity index (χ4v) is 4.95. The Kier molecular flexibility index (Phi) is 23.5. The van der Waals surface area contributed by atoms with Gasteiger partial charge in [-0.05, 0) is 46.7 Å². The van der Waals surface area contributed by atoms with Crippen molar-refractivity contribution in [3.8, 4) is 0 Å². The highest BCUT2D eigenvalue weighted by Crippen LogP contribution is 2.29. The van der Waals surface area contributed by atoms with Gasteiger partial charge in [-0.25, -0.2) is 0 Å². The highest BCUT2D eigenvalue weighted by molar-refractivity contribution is 5.47. The van der Waals surface area contributed by atoms with E-state index in [2.05, 4.69) is 16.4 Å². The van der Waals surface area contributed by atoms with Gasteiger partial charge in [0.05, 0.1) is 42.7 Å². The highest BCUT2D eigenvalue weighted by atomic mass is 16.7. The Balaban J connectivity index is 0.000000754. The van der Waals surface area contributed by atoms with Gasteiger partial charge in [-0.15, -0.1) is 0 Å². The van der Waals surface area contributed by atoms with Gasteiger partial charge in [0.2, 0.25) is 6.41 Å². The monoisotopic (exact) mass is 658 g/mol. The van der Waals surface area contributed by atoms with E-state index in [1.165, 1.54) is 14.2 Å². The summed E-state index contributed by atoms with van der Waals surface area (Å²) in [5.74, 6) is 0. The van der Waals surface area contributed by atoms with E-state index in [-0.39, 0.29) is 37.4 Å². The van der Waals surface area contributed by atoms with Crippen molar-refractivity contribution < 1.29 is 54.4 Å². The number of rotatable bonds is 12. The van der Waals surface area contributed by atoms with Gasteiger partial charge in [0, 0.05) is 52.2 Å². The van der Waals surface area contributed by atoms with Crippen LogP contribution in [-0.2, 0) is 23.7 Å². The third-order valence-corrected chi connectivity index (χ3v) is 7.32. The molecule has 0 aromatic rings. The van der Waals surface area contributed by atoms with Crippen LogP contribution in [0.3, 0.4) is 0 Å². The molecule has 2 aliphatic heterocycles. The first-order chi connectivity index (χ1) is 21.3. The van der Waals surface area contributed by atoms with Gasteiger partial charge >= 0.3 is 0 Å². The molecule has 2 saturated heterocycles. The van der Waals surface area contributed by atoms with Crippen molar-refractivity contribution in [2.75, 3.05) is 53.6 Å². The molecule has 16 N–H and O–H groups in total. The van der Waals surface area contributed by atoms with Crippen LogP contribution in [0.25, 0.3) is 0 Å². The summed E-state index contributed by atoms with van der Waals surface area (Å²) in [5.41, 5.74) is 19.5. The van der Waals surface area contributed by atoms with Gasteiger partial charge in [0.1, 0.15) is 24.4 Å². The van der Waals surface area contributed by atoms with E-state index in [9.17, 15) is 30.3 Å². The number of nitrogens with two attached hydrogens (primary N) is 4. The van der Waals surface area contributed by atoms with Gasteiger partial charge in [0.15, 0.2) is 6.29 Å². The van der Waals surface area contributed by atoms with E-state index in [0.717, 1.165) is 6.42 Å². The number of carbonyl (C=O) groups excluding carboxylic acids is 1. The summed E-state index contributed by atoms with van der Waals surface area (Å²) in [5, 5.41) is 63.1. The maximum absolute atomic E-state index is 10.8. The molecular weight excluding hydrogens is 596 g/mol. The Morgan fingerprint density at radius 3 is 2.27 bits per heavy atom. The second-order valence-corrected chi connectivity index (χ2v) is 11.7. The third-order valence-electron chi connectivity index (χ3n) is 7.32. The SMILES string of the molecule is CC(O)CN.CN.CO[C@@H]1C(N)CC(NC=O)[C@H](OC2OC[C@](C)(O)CC2O)C1O.NCCC(O)CNCC1CC(O)CCO1. The lowest BCUT2D eigenvalue weighted by Gasteiger charge is -2.45. The van der Waals surface area contributed by atoms with Crippen molar-refractivity contribution in [1.82, 2.24) is 10.6 Å². The first kappa shape index (κ1) is 43.9. The molecule has 0 spiro atoms. The van der Waals surface area contributed by atoms with E-state index in [1.54, 1.807) is 13.8 Å². The van der Waals surface area contributed by atoms with Gasteiger partial charge in [-0.1, -0.05) is 0 Å². The topological polar surface area (TPSA) is 304 Å². The van der Waals surface area contributed by atoms with Gasteiger partial charge in [0.25, 0.3) is 0 Å². The fraction of sp³-hybridized carbons (Fsp3) is 0.964. The zero-order chi connectivity index (χ0) is 34.6. The number of ether oxygens (including phenoxy) is 4. The number of aliphatic hydroxyl groups excluding tert-OH is 5. The molecule has 1 amide bonds. The lowest BCUT2D eigenvalue weighted by Crippen LogP contribution is -2.65. The standard InChI is InChI=1S/C14H26N2O7.C10H22N2O3.C3H9NO.CH5N/c1-14(20)4-9(18)13(22-5-14)23-12-8(16-6-17)3-7(15)11(21-2)10(12)19;11-3-1-9(14)6-12-7-10-5-8(13)2-4-15-10;1-3(5)2-4;1-2/h6-13,18-20H,3-5,15H2,1-2H3,(H,16,17);8-10,12-14H,1-7,11H2;3,5H,2,4H2,1H3;2H2,1H3/t7?,8?,9?,10?,11-,12+,13?,14-;;;/m1.../s1. The molecule has 2 heterocycles. The number of hydrogen-bond donors (Lipinski definition) is 12. The third kappa shape index (κ3) is 17.6. The van der Waals surface area contributed by atoms with Crippen LogP contribution in [0.5, 0.6) is 0 Å². The summed E-state index contributed by atoms with van der Waals surface area (Å²) >= 11 is 0. The molecule has 1 aliphatic carbocycles. The first-order valence-corrected chi connectivity index (χ1v) is 15.5. The largest absolute Gasteiger partial charge is 0.393 e. The average Bonchev–Trinajstić information content (AvgIpc) is 2.98. The highest BCUT2D eigenvalue weighted by Gasteiger charge is 2.47. The van der Waals surface area contributed by atoms with Gasteiger partial charge < -0.3 is 83.2 Å². The maximum atomic E-state index is 10.8. The summed E-state index contributed by atoms with van der Waals surface area (Å²) in [6, 6.07) is -1.01. The van der Waals surface area contributed by atoms with E-state index < -0.39 is 48.4 Å². The molecule has 45 heavy (non-hydrogen) atoms. The van der Waals surface area contributed by atoms with Gasteiger partial charge in [-0.2, -0.15) is 0 Å². The number of hydrogen-bond acceptors (Lipinski definition) is 16. The molecule has 3 fully saturated rings. The fourth-order valence-electron chi connectivity index (χ4n) is 4.95. The number of methoxy groups -OCH3 is 1. The van der Waals surface area contributed by atoms with Crippen molar-refractivity contribution in [2.45, 2.75) is 119 Å². The van der Waals surface area contributed by atoms with Crippen LogP contribution in [0.2, 0.25) is 0 Å². The molecule has 3 aliphatic rings. The Morgan fingerprint density at radius 1 is 1.11 bits per heavy atom. The Bertz CT molecular complexity index is 745. The summed E-state index contributed by atoms with van der Waals surface area (Å²) in [6.45, 7) is 5.90. The number of carbonyl (C=O) groups is 1. The van der Waals surface area contributed by atoms with Crippen LogP contribution >= 0.6 is 0 Å². The van der Waals surface area contributed by atoms with Crippen molar-refractivity contribution in [1.29, 1.82) is 0 Å². The van der Waals surface area contributed by atoms with E-state index in [4.69, 9.17) is 41.3 Å². The Hall–Kier alpha value is -1.13. The molecule has 12 atom stereocenters. The second kappa shape index (κ2) is 24.1. The summed E-state index contributed by atoms with van der Waals surface area (Å²) in [4.78, 5) is 10.8. The molecule has 17 nitrogen and oxygen atoms in total. The first-order valence-electron chi connectivity index (χ1n) is 15.5. The zero-order valence-corrected chi connectivity index (χ0v) is 27.2. The van der Waals surface area contributed by atoms with E-state index >= 15 is 0 Å². The summed E-state index contributed by atoms with van der Waals surface area (Å²) in [7, 11) is 2.93. The molecule has 0 aromatic heterocycles. The zero-order valence-electron chi connectivity index (χ0n) is 27.2. The quantitative estimate of drug-likeness (QED) is 0.0875. The van der Waals surface area contributed by atoms with Crippen LogP contribution in [0.4, 0.5) is 0 Å². The minimum Gasteiger partial charge on any atom is -0.393 e. The summed E-state index contributed by atoms with van der Waals surface area (Å²) in [6.07, 6.45) is -2.61. The van der Waals surface area contributed by atoms with E-state index in [0.29, 0.717) is 58.5 Å². The van der Waals surface area contributed by atoms with Crippen LogP contribution in [0, 0.1) is 0 Å². The smallest absolute Gasteiger partial charge is 0.207 e. The molecule has 0 aromatic carbocycles. The van der Waals surface area contributed by atoms with Crippen molar-refractivity contribution in [2.24, 2.45) is 22.9 Å². The maximum Gasteiger partial charge on any atom is 0.207 e. The summed E-state index contributed by atoms with van der Waals surface area (Å²) < 4.78 is 21.7. The average molecular weight is 659 g/mol. The van der Waals surface area contributed by atoms with Crippen molar-refractivity contribution in [3.05, 3.63) is 0 Å². The predicted octanol–water partition coefficient (Wildman–Crippen LogP) is -4.82. The molecule has 17 heteroatoms. The second-order valence-electron chi connectivity index (χ2n) is 11.7. The lowest BCUT2D eigenvalue weighted by atomic mass is 9.84. The molecule has 9 unspecified atom stereocenters. The number of amides is 1. The van der Waals surface area contributed by atoms with Crippen LogP contribution in [0.15, 0.2) is 0 Å². The van der Waals surface area contributed by atoms with Crippen LogP contribution in [0.1, 0.15) is 46.0 Å². The molecule has 0 bridgehead atoms. The number of nitrogens with one attached hydrogen (secondary N) is 2. The van der Waals surface area contributed by atoms with Crippen LogP contribution < -0.4 is 33.6 Å². The lowest BCUT2D eigenvalue weighted by molar-refractivity contribution is -0.290. The minimum atomic E-state index is -1.14. The van der Waals surface area contributed by atoms with Crippen molar-refractivity contribution >= 4 is 6.41 Å². The van der Waals surface area contributed by atoms with E-state index in [1.807, 2.05) is 0 Å². The Labute approximate surface area is 266 Å². The molecule has 0 radical (unpaired) electrons. The molecule has 1 saturated carbocycles. The Morgan fingerprint density at radius 2 is 1.76 bits per heavy atom. The normalized spacial score (nSPS) is 36.0. The minimum absolute atomic E-state index is 0.00343. The molecular formula is C28H62N6O11. The number of aliphatic hydroxyl groups is 6. The predicted molar refractivity (Wildman–Crippen MR) is 167 cm³/mol.